The summed E-state index contributed by atoms with van der Waals surface area (Å²) in [6.07, 6.45) is 0.892. The number of hydrogen-bond acceptors (Lipinski definition) is 4. The van der Waals surface area contributed by atoms with E-state index in [-0.39, 0.29) is 30.7 Å². The van der Waals surface area contributed by atoms with Crippen LogP contribution in [0.4, 0.5) is 4.39 Å². The van der Waals surface area contributed by atoms with E-state index in [0.717, 1.165) is 30.9 Å². The Kier molecular flexibility index (Phi) is 7.32. The summed E-state index contributed by atoms with van der Waals surface area (Å²) in [4.78, 5) is 23.4. The fraction of sp³-hybridized carbons (Fsp3) is 0.438. The molecule has 0 unspecified atom stereocenters. The number of halogens is 3. The summed E-state index contributed by atoms with van der Waals surface area (Å²) in [7, 11) is 0. The molecule has 0 bridgehead atoms. The first-order valence-electron chi connectivity index (χ1n) is 7.51. The van der Waals surface area contributed by atoms with Gasteiger partial charge in [-0.1, -0.05) is 0 Å². The lowest BCUT2D eigenvalue weighted by molar-refractivity contribution is 0.0767. The van der Waals surface area contributed by atoms with Gasteiger partial charge in [0.1, 0.15) is 11.3 Å². The van der Waals surface area contributed by atoms with Crippen LogP contribution >= 0.6 is 24.8 Å². The molecule has 132 valence electrons. The minimum Gasteiger partial charge on any atom is -0.337 e. The smallest absolute Gasteiger partial charge is 0.256 e. The van der Waals surface area contributed by atoms with Crippen LogP contribution in [0.2, 0.25) is 0 Å². The molecular formula is C16H21Cl2FN4O. The Balaban J connectivity index is 0.00000144. The molecule has 8 heteroatoms. The van der Waals surface area contributed by atoms with Gasteiger partial charge in [0.15, 0.2) is 0 Å². The van der Waals surface area contributed by atoms with Gasteiger partial charge in [-0.2, -0.15) is 0 Å². The van der Waals surface area contributed by atoms with Gasteiger partial charge >= 0.3 is 0 Å². The molecule has 0 radical (unpaired) electrons. The van der Waals surface area contributed by atoms with E-state index in [1.165, 1.54) is 12.1 Å². The largest absolute Gasteiger partial charge is 0.337 e. The molecule has 1 N–H and O–H groups in total. The first-order chi connectivity index (χ1) is 10.6. The highest BCUT2D eigenvalue weighted by Crippen LogP contribution is 2.21. The van der Waals surface area contributed by atoms with E-state index in [2.05, 4.69) is 15.3 Å². The summed E-state index contributed by atoms with van der Waals surface area (Å²) < 4.78 is 13.9. The van der Waals surface area contributed by atoms with Crippen LogP contribution in [0.15, 0.2) is 12.1 Å². The summed E-state index contributed by atoms with van der Waals surface area (Å²) in [5.41, 5.74) is 2.71. The lowest BCUT2D eigenvalue weighted by Crippen LogP contribution is -2.34. The van der Waals surface area contributed by atoms with Gasteiger partial charge < -0.3 is 10.2 Å². The molecule has 2 heterocycles. The van der Waals surface area contributed by atoms with Crippen molar-refractivity contribution in [3.05, 3.63) is 34.9 Å². The van der Waals surface area contributed by atoms with Gasteiger partial charge in [0, 0.05) is 25.7 Å². The number of nitrogens with zero attached hydrogens (tertiary/aromatic N) is 3. The van der Waals surface area contributed by atoms with Crippen LogP contribution < -0.4 is 5.32 Å². The monoisotopic (exact) mass is 374 g/mol. The third-order valence-electron chi connectivity index (χ3n) is 4.00. The molecule has 1 amide bonds. The summed E-state index contributed by atoms with van der Waals surface area (Å²) >= 11 is 0. The molecule has 2 aromatic rings. The summed E-state index contributed by atoms with van der Waals surface area (Å²) in [6, 6.07) is 2.60. The Hall–Kier alpha value is -1.50. The van der Waals surface area contributed by atoms with Crippen LogP contribution in [0.1, 0.15) is 28.2 Å². The fourth-order valence-corrected chi connectivity index (χ4v) is 2.68. The van der Waals surface area contributed by atoms with Gasteiger partial charge in [0.25, 0.3) is 5.91 Å². The van der Waals surface area contributed by atoms with Crippen LogP contribution in [0.25, 0.3) is 11.0 Å². The molecule has 5 nitrogen and oxygen atoms in total. The Labute approximate surface area is 152 Å². The molecular weight excluding hydrogens is 354 g/mol. The van der Waals surface area contributed by atoms with Crippen LogP contribution in [-0.2, 0) is 0 Å². The Morgan fingerprint density at radius 1 is 1.12 bits per heavy atom. The number of aryl methyl sites for hydroxylation is 2. The van der Waals surface area contributed by atoms with E-state index < -0.39 is 5.82 Å². The van der Waals surface area contributed by atoms with Gasteiger partial charge in [0.05, 0.1) is 22.5 Å². The third-order valence-corrected chi connectivity index (χ3v) is 4.00. The van der Waals surface area contributed by atoms with Crippen LogP contribution in [0.5, 0.6) is 0 Å². The maximum atomic E-state index is 13.9. The number of fused-ring (bicyclic) bond motifs is 1. The Morgan fingerprint density at radius 3 is 2.58 bits per heavy atom. The zero-order valence-corrected chi connectivity index (χ0v) is 15.3. The normalized spacial score (nSPS) is 14.5. The number of carbonyl (C=O) groups is 1. The van der Waals surface area contributed by atoms with E-state index in [1.807, 2.05) is 13.8 Å². The van der Waals surface area contributed by atoms with E-state index in [9.17, 15) is 9.18 Å². The van der Waals surface area contributed by atoms with Crippen molar-refractivity contribution in [3.8, 4) is 0 Å². The van der Waals surface area contributed by atoms with Crippen LogP contribution in [0.3, 0.4) is 0 Å². The zero-order chi connectivity index (χ0) is 15.7. The number of hydrogen-bond donors (Lipinski definition) is 1. The molecule has 0 atom stereocenters. The van der Waals surface area contributed by atoms with Crippen molar-refractivity contribution >= 4 is 41.8 Å². The van der Waals surface area contributed by atoms with E-state index in [0.29, 0.717) is 29.7 Å². The number of amides is 1. The highest BCUT2D eigenvalue weighted by Gasteiger charge is 2.21. The van der Waals surface area contributed by atoms with Crippen LogP contribution in [0, 0.1) is 19.7 Å². The average Bonchev–Trinajstić information content (AvgIpc) is 2.76. The minimum absolute atomic E-state index is 0. The molecule has 24 heavy (non-hydrogen) atoms. The lowest BCUT2D eigenvalue weighted by Gasteiger charge is -2.20. The van der Waals surface area contributed by atoms with Crippen molar-refractivity contribution in [2.75, 3.05) is 26.2 Å². The molecule has 1 aromatic heterocycles. The molecule has 0 spiro atoms. The standard InChI is InChI=1S/C16H19FN4O.2ClH/c1-10-11(2)20-15-13(8-12(17)9-14(15)19-10)16(22)21-6-3-4-18-5-7-21;;/h8-9,18H,3-7H2,1-2H3;2*1H. The number of benzene rings is 1. The van der Waals surface area contributed by atoms with Crippen molar-refractivity contribution in [1.29, 1.82) is 0 Å². The second kappa shape index (κ2) is 8.55. The molecule has 0 saturated carbocycles. The maximum absolute atomic E-state index is 13.9. The SMILES string of the molecule is Cc1nc2cc(F)cc(C(=O)N3CCCNCC3)c2nc1C.Cl.Cl. The molecule has 1 saturated heterocycles. The van der Waals surface area contributed by atoms with Gasteiger partial charge in [-0.15, -0.1) is 24.8 Å². The van der Waals surface area contributed by atoms with E-state index in [4.69, 9.17) is 0 Å². The average molecular weight is 375 g/mol. The van der Waals surface area contributed by atoms with E-state index in [1.54, 1.807) is 4.90 Å². The number of nitrogens with one attached hydrogen (secondary N) is 1. The summed E-state index contributed by atoms with van der Waals surface area (Å²) in [6.45, 7) is 6.61. The molecule has 3 rings (SSSR count). The maximum Gasteiger partial charge on any atom is 0.256 e. The highest BCUT2D eigenvalue weighted by atomic mass is 35.5. The Morgan fingerprint density at radius 2 is 1.83 bits per heavy atom. The Bertz CT molecular complexity index is 734. The predicted octanol–water partition coefficient (Wildman–Crippen LogP) is 2.66. The lowest BCUT2D eigenvalue weighted by atomic mass is 10.1. The van der Waals surface area contributed by atoms with Crippen molar-refractivity contribution in [2.24, 2.45) is 0 Å². The van der Waals surface area contributed by atoms with E-state index >= 15 is 0 Å². The molecule has 1 aliphatic rings. The van der Waals surface area contributed by atoms with Gasteiger partial charge in [0.2, 0.25) is 0 Å². The molecule has 1 aliphatic heterocycles. The van der Waals surface area contributed by atoms with Gasteiger partial charge in [-0.3, -0.25) is 4.79 Å². The van der Waals surface area contributed by atoms with Gasteiger partial charge in [-0.25, -0.2) is 14.4 Å². The number of aromatic nitrogens is 2. The highest BCUT2D eigenvalue weighted by molar-refractivity contribution is 6.04. The second-order valence-corrected chi connectivity index (χ2v) is 5.61. The summed E-state index contributed by atoms with van der Waals surface area (Å²) in [5, 5.41) is 3.25. The molecule has 1 fully saturated rings. The second-order valence-electron chi connectivity index (χ2n) is 5.61. The molecule has 0 aliphatic carbocycles. The van der Waals surface area contributed by atoms with Crippen LogP contribution in [-0.4, -0.2) is 47.0 Å². The third kappa shape index (κ3) is 4.12. The minimum atomic E-state index is -0.457. The van der Waals surface area contributed by atoms with Crippen molar-refractivity contribution in [2.45, 2.75) is 20.3 Å². The number of carbonyl (C=O) groups excluding carboxylic acids is 1. The first-order valence-corrected chi connectivity index (χ1v) is 7.51. The van der Waals surface area contributed by atoms with Gasteiger partial charge in [-0.05, 0) is 32.9 Å². The van der Waals surface area contributed by atoms with Crippen molar-refractivity contribution < 1.29 is 9.18 Å². The van der Waals surface area contributed by atoms with Crippen molar-refractivity contribution in [3.63, 3.8) is 0 Å². The number of rotatable bonds is 1. The fourth-order valence-electron chi connectivity index (χ4n) is 2.68. The topological polar surface area (TPSA) is 58.1 Å². The zero-order valence-electron chi connectivity index (χ0n) is 13.6. The predicted molar refractivity (Wildman–Crippen MR) is 96.9 cm³/mol. The summed E-state index contributed by atoms with van der Waals surface area (Å²) in [5.74, 6) is -0.632. The first kappa shape index (κ1) is 20.5. The van der Waals surface area contributed by atoms with Crippen molar-refractivity contribution in [1.82, 2.24) is 20.2 Å². The molecule has 1 aromatic carbocycles. The quantitative estimate of drug-likeness (QED) is 0.833.